The van der Waals surface area contributed by atoms with Crippen LogP contribution < -0.4 is 0 Å². The lowest BCUT2D eigenvalue weighted by Gasteiger charge is -2.09. The molecule has 1 rings (SSSR count). The van der Waals surface area contributed by atoms with Crippen LogP contribution >= 0.6 is 0 Å². The minimum absolute atomic E-state index is 0.0836. The molecule has 0 nitrogen and oxygen atoms in total. The Bertz CT molecular complexity index is 145. The number of rotatable bonds is 1. The summed E-state index contributed by atoms with van der Waals surface area (Å²) in [7, 11) is 0. The van der Waals surface area contributed by atoms with E-state index < -0.39 is 0 Å². The smallest absolute Gasteiger partial charge is 0.118 e. The van der Waals surface area contributed by atoms with Crippen molar-refractivity contribution in [3.63, 3.8) is 0 Å². The highest BCUT2D eigenvalue weighted by Crippen LogP contribution is 2.18. The van der Waals surface area contributed by atoms with Crippen LogP contribution in [0.4, 0.5) is 4.39 Å². The lowest BCUT2D eigenvalue weighted by molar-refractivity contribution is 0.587. The van der Waals surface area contributed by atoms with Crippen LogP contribution in [0.1, 0.15) is 33.6 Å². The van der Waals surface area contributed by atoms with Crippen LogP contribution in [0.15, 0.2) is 24.1 Å². The van der Waals surface area contributed by atoms with Gasteiger partial charge in [-0.05, 0) is 30.9 Å². The highest BCUT2D eigenvalue weighted by atomic mass is 19.1. The van der Waals surface area contributed by atoms with E-state index in [0.717, 1.165) is 12.8 Å². The first-order valence-electron chi connectivity index (χ1n) is 4.36. The first kappa shape index (κ1) is 10.4. The van der Waals surface area contributed by atoms with Gasteiger partial charge in [0.1, 0.15) is 5.83 Å². The molecule has 0 aliphatic heterocycles. The van der Waals surface area contributed by atoms with E-state index in [9.17, 15) is 4.39 Å². The standard InChI is InChI=1S/C8H11F.C2H6/c1-2-7-3-5-8(9)6-4-7;1-2/h3,5-7H,2,4H2,1H3;1-2H3. The molecule has 11 heavy (non-hydrogen) atoms. The van der Waals surface area contributed by atoms with Crippen molar-refractivity contribution in [2.24, 2.45) is 5.92 Å². The molecule has 0 saturated heterocycles. The number of halogens is 1. The summed E-state index contributed by atoms with van der Waals surface area (Å²) in [5.74, 6) is 0.490. The van der Waals surface area contributed by atoms with E-state index in [4.69, 9.17) is 0 Å². The molecule has 0 heterocycles. The lowest BCUT2D eigenvalue weighted by Crippen LogP contribution is -1.95. The fourth-order valence-corrected chi connectivity index (χ4v) is 0.941. The SMILES string of the molecule is CC.CCC1C=CC(F)=CC1. The zero-order chi connectivity index (χ0) is 8.69. The van der Waals surface area contributed by atoms with E-state index in [1.165, 1.54) is 0 Å². The topological polar surface area (TPSA) is 0 Å². The van der Waals surface area contributed by atoms with E-state index in [1.807, 2.05) is 19.9 Å². The van der Waals surface area contributed by atoms with Gasteiger partial charge in [0.05, 0.1) is 0 Å². The Morgan fingerprint density at radius 1 is 1.55 bits per heavy atom. The van der Waals surface area contributed by atoms with Gasteiger partial charge in [0.15, 0.2) is 0 Å². The van der Waals surface area contributed by atoms with Crippen LogP contribution in [0.3, 0.4) is 0 Å². The van der Waals surface area contributed by atoms with Crippen molar-refractivity contribution in [3.05, 3.63) is 24.1 Å². The highest BCUT2D eigenvalue weighted by Gasteiger charge is 2.04. The third-order valence-corrected chi connectivity index (χ3v) is 1.67. The van der Waals surface area contributed by atoms with Gasteiger partial charge in [-0.2, -0.15) is 0 Å². The van der Waals surface area contributed by atoms with Crippen molar-refractivity contribution < 1.29 is 4.39 Å². The highest BCUT2D eigenvalue weighted by molar-refractivity contribution is 5.16. The molecule has 1 aliphatic carbocycles. The summed E-state index contributed by atoms with van der Waals surface area (Å²) >= 11 is 0. The summed E-state index contributed by atoms with van der Waals surface area (Å²) < 4.78 is 12.3. The monoisotopic (exact) mass is 156 g/mol. The number of allylic oxidation sites excluding steroid dienone is 4. The second-order valence-corrected chi connectivity index (χ2v) is 2.35. The third-order valence-electron chi connectivity index (χ3n) is 1.67. The van der Waals surface area contributed by atoms with Crippen molar-refractivity contribution in [2.45, 2.75) is 33.6 Å². The number of hydrogen-bond acceptors (Lipinski definition) is 0. The molecule has 0 saturated carbocycles. The molecule has 1 unspecified atom stereocenters. The van der Waals surface area contributed by atoms with E-state index in [2.05, 4.69) is 6.92 Å². The minimum atomic E-state index is -0.0836. The zero-order valence-electron chi connectivity index (χ0n) is 7.60. The van der Waals surface area contributed by atoms with Crippen LogP contribution in [-0.2, 0) is 0 Å². The largest absolute Gasteiger partial charge is 0.207 e. The molecular formula is C10H17F. The summed E-state index contributed by atoms with van der Waals surface area (Å²) in [5.41, 5.74) is 0. The molecule has 0 fully saturated rings. The summed E-state index contributed by atoms with van der Waals surface area (Å²) in [4.78, 5) is 0. The molecule has 1 heteroatoms. The van der Waals surface area contributed by atoms with E-state index in [0.29, 0.717) is 5.92 Å². The quantitative estimate of drug-likeness (QED) is 0.541. The first-order valence-corrected chi connectivity index (χ1v) is 4.36. The summed E-state index contributed by atoms with van der Waals surface area (Å²) in [6, 6.07) is 0. The molecule has 0 aromatic carbocycles. The van der Waals surface area contributed by atoms with Crippen molar-refractivity contribution in [1.29, 1.82) is 0 Å². The van der Waals surface area contributed by atoms with Gasteiger partial charge < -0.3 is 0 Å². The predicted octanol–water partition coefficient (Wildman–Crippen LogP) is 3.85. The van der Waals surface area contributed by atoms with Crippen LogP contribution in [-0.4, -0.2) is 0 Å². The molecule has 0 bridgehead atoms. The first-order chi connectivity index (χ1) is 5.33. The Balaban J connectivity index is 0.000000461. The van der Waals surface area contributed by atoms with Gasteiger partial charge in [0.25, 0.3) is 0 Å². The van der Waals surface area contributed by atoms with Crippen LogP contribution in [0.25, 0.3) is 0 Å². The van der Waals surface area contributed by atoms with Crippen LogP contribution in [0.5, 0.6) is 0 Å². The minimum Gasteiger partial charge on any atom is -0.207 e. The van der Waals surface area contributed by atoms with E-state index in [1.54, 1.807) is 12.2 Å². The maximum atomic E-state index is 12.3. The molecule has 64 valence electrons. The van der Waals surface area contributed by atoms with Gasteiger partial charge in [-0.3, -0.25) is 0 Å². The maximum Gasteiger partial charge on any atom is 0.118 e. The van der Waals surface area contributed by atoms with Crippen molar-refractivity contribution in [2.75, 3.05) is 0 Å². The second-order valence-electron chi connectivity index (χ2n) is 2.35. The van der Waals surface area contributed by atoms with Crippen molar-refractivity contribution in [3.8, 4) is 0 Å². The summed E-state index contributed by atoms with van der Waals surface area (Å²) in [6.07, 6.45) is 7.13. The Morgan fingerprint density at radius 2 is 2.18 bits per heavy atom. The fraction of sp³-hybridized carbons (Fsp3) is 0.600. The Labute approximate surface area is 68.8 Å². The normalized spacial score (nSPS) is 21.8. The molecular weight excluding hydrogens is 139 g/mol. The average molecular weight is 156 g/mol. The number of hydrogen-bond donors (Lipinski definition) is 0. The van der Waals surface area contributed by atoms with Crippen molar-refractivity contribution in [1.82, 2.24) is 0 Å². The Morgan fingerprint density at radius 3 is 2.55 bits per heavy atom. The Kier molecular flexibility index (Phi) is 5.81. The van der Waals surface area contributed by atoms with Crippen LogP contribution in [0, 0.1) is 5.92 Å². The molecule has 0 aromatic heterocycles. The lowest BCUT2D eigenvalue weighted by atomic mass is 9.98. The molecule has 0 amide bonds. The van der Waals surface area contributed by atoms with Gasteiger partial charge in [-0.1, -0.05) is 26.8 Å². The molecule has 0 N–H and O–H groups in total. The third kappa shape index (κ3) is 3.97. The maximum absolute atomic E-state index is 12.3. The summed E-state index contributed by atoms with van der Waals surface area (Å²) in [6.45, 7) is 6.12. The second kappa shape index (κ2) is 6.14. The molecule has 0 radical (unpaired) electrons. The molecule has 1 atom stereocenters. The van der Waals surface area contributed by atoms with Gasteiger partial charge in [-0.15, -0.1) is 0 Å². The average Bonchev–Trinajstić information content (AvgIpc) is 2.10. The van der Waals surface area contributed by atoms with Gasteiger partial charge in [0.2, 0.25) is 0 Å². The predicted molar refractivity (Wildman–Crippen MR) is 48.1 cm³/mol. The van der Waals surface area contributed by atoms with Crippen LogP contribution in [0.2, 0.25) is 0 Å². The molecule has 1 aliphatic rings. The zero-order valence-corrected chi connectivity index (χ0v) is 7.60. The van der Waals surface area contributed by atoms with Crippen molar-refractivity contribution >= 4 is 0 Å². The molecule has 0 aromatic rings. The van der Waals surface area contributed by atoms with E-state index in [-0.39, 0.29) is 5.83 Å². The van der Waals surface area contributed by atoms with Gasteiger partial charge in [-0.25, -0.2) is 4.39 Å². The van der Waals surface area contributed by atoms with Gasteiger partial charge >= 0.3 is 0 Å². The summed E-state index contributed by atoms with van der Waals surface area (Å²) in [5, 5.41) is 0. The molecule has 0 spiro atoms. The van der Waals surface area contributed by atoms with E-state index >= 15 is 0 Å². The Hall–Kier alpha value is -0.590. The fourth-order valence-electron chi connectivity index (χ4n) is 0.941. The van der Waals surface area contributed by atoms with Gasteiger partial charge in [0, 0.05) is 0 Å².